The molecule has 0 unspecified atom stereocenters. The first-order valence-corrected chi connectivity index (χ1v) is 7.79. The summed E-state index contributed by atoms with van der Waals surface area (Å²) in [5.74, 6) is -0.840. The molecule has 0 radical (unpaired) electrons. The van der Waals surface area contributed by atoms with E-state index >= 15 is 0 Å². The minimum atomic E-state index is -0.840. The molecule has 20 heavy (non-hydrogen) atoms. The molecule has 0 amide bonds. The van der Waals surface area contributed by atoms with E-state index in [2.05, 4.69) is 11.1 Å². The summed E-state index contributed by atoms with van der Waals surface area (Å²) in [7, 11) is 0. The summed E-state index contributed by atoms with van der Waals surface area (Å²) in [6.45, 7) is 0. The van der Waals surface area contributed by atoms with Crippen LogP contribution in [0.1, 0.15) is 35.5 Å². The maximum atomic E-state index is 10.8. The number of halogens is 1. The lowest BCUT2D eigenvalue weighted by atomic mass is 9.65. The van der Waals surface area contributed by atoms with Gasteiger partial charge in [0, 0.05) is 15.8 Å². The predicted octanol–water partition coefficient (Wildman–Crippen LogP) is 3.89. The average molecular weight is 308 g/mol. The maximum Gasteiger partial charge on any atom is 0.309 e. The molecule has 1 aliphatic carbocycles. The second kappa shape index (κ2) is 5.19. The van der Waals surface area contributed by atoms with Crippen LogP contribution in [0.5, 0.6) is 0 Å². The highest BCUT2D eigenvalue weighted by Crippen LogP contribution is 2.50. The lowest BCUT2D eigenvalue weighted by molar-refractivity contribution is -0.136. The van der Waals surface area contributed by atoms with Crippen molar-refractivity contribution in [3.63, 3.8) is 0 Å². The number of hydrogen-bond acceptors (Lipinski definition) is 3. The van der Waals surface area contributed by atoms with Gasteiger partial charge >= 0.3 is 5.97 Å². The highest BCUT2D eigenvalue weighted by Gasteiger charge is 2.42. The number of nitrogens with zero attached hydrogens (tertiary/aromatic N) is 1. The smallest absolute Gasteiger partial charge is 0.309 e. The molecule has 0 atom stereocenters. The van der Waals surface area contributed by atoms with Crippen molar-refractivity contribution in [1.82, 2.24) is 4.98 Å². The number of rotatable bonds is 4. The van der Waals surface area contributed by atoms with Crippen LogP contribution in [0.2, 0.25) is 5.02 Å². The molecule has 0 spiro atoms. The van der Waals surface area contributed by atoms with Crippen molar-refractivity contribution in [2.45, 2.75) is 31.1 Å². The number of carboxylic acids is 1. The summed E-state index contributed by atoms with van der Waals surface area (Å²) in [5.41, 5.74) is 1.77. The van der Waals surface area contributed by atoms with Gasteiger partial charge in [0.25, 0.3) is 0 Å². The second-order valence-electron chi connectivity index (χ2n) is 5.16. The largest absolute Gasteiger partial charge is 0.481 e. The Balaban J connectivity index is 1.96. The SMILES string of the molecule is O=C(O)Cc1csc(C2(c3cccc(Cl)c3)CCC2)n1. The van der Waals surface area contributed by atoms with E-state index < -0.39 is 5.97 Å². The van der Waals surface area contributed by atoms with Crippen LogP contribution in [0.25, 0.3) is 0 Å². The van der Waals surface area contributed by atoms with E-state index in [9.17, 15) is 4.79 Å². The highest BCUT2D eigenvalue weighted by molar-refractivity contribution is 7.09. The molecular weight excluding hydrogens is 294 g/mol. The lowest BCUT2D eigenvalue weighted by Gasteiger charge is -2.40. The number of aliphatic carboxylic acids is 1. The zero-order chi connectivity index (χ0) is 14.2. The molecule has 0 aliphatic heterocycles. The Morgan fingerprint density at radius 2 is 2.25 bits per heavy atom. The van der Waals surface area contributed by atoms with Crippen LogP contribution in [0.4, 0.5) is 0 Å². The molecule has 3 rings (SSSR count). The fourth-order valence-electron chi connectivity index (χ4n) is 2.71. The van der Waals surface area contributed by atoms with Gasteiger partial charge in [-0.05, 0) is 30.5 Å². The number of carboxylic acid groups (broad SMARTS) is 1. The van der Waals surface area contributed by atoms with Gasteiger partial charge in [0.1, 0.15) is 5.01 Å². The quantitative estimate of drug-likeness (QED) is 0.932. The molecule has 1 aromatic heterocycles. The Kier molecular flexibility index (Phi) is 3.52. The topological polar surface area (TPSA) is 50.2 Å². The summed E-state index contributed by atoms with van der Waals surface area (Å²) in [6.07, 6.45) is 3.25. The van der Waals surface area contributed by atoms with Gasteiger partial charge in [-0.15, -0.1) is 11.3 Å². The Morgan fingerprint density at radius 3 is 2.85 bits per heavy atom. The average Bonchev–Trinajstić information content (AvgIpc) is 2.75. The third-order valence-corrected chi connectivity index (χ3v) is 5.21. The predicted molar refractivity (Wildman–Crippen MR) is 79.5 cm³/mol. The first kappa shape index (κ1) is 13.6. The zero-order valence-electron chi connectivity index (χ0n) is 10.8. The summed E-state index contributed by atoms with van der Waals surface area (Å²) >= 11 is 7.66. The van der Waals surface area contributed by atoms with E-state index in [1.54, 1.807) is 11.3 Å². The second-order valence-corrected chi connectivity index (χ2v) is 6.46. The molecular formula is C15H14ClNO2S. The monoisotopic (exact) mass is 307 g/mol. The van der Waals surface area contributed by atoms with Crippen LogP contribution in [0.15, 0.2) is 29.6 Å². The van der Waals surface area contributed by atoms with Gasteiger partial charge in [-0.1, -0.05) is 30.2 Å². The molecule has 5 heteroatoms. The number of carbonyl (C=O) groups is 1. The third kappa shape index (κ3) is 2.34. The molecule has 2 aromatic rings. The first-order valence-electron chi connectivity index (χ1n) is 6.53. The van der Waals surface area contributed by atoms with Gasteiger partial charge < -0.3 is 5.11 Å². The van der Waals surface area contributed by atoms with Crippen LogP contribution in [0, 0.1) is 0 Å². The summed E-state index contributed by atoms with van der Waals surface area (Å²) in [4.78, 5) is 15.3. The van der Waals surface area contributed by atoms with Crippen LogP contribution in [-0.2, 0) is 16.6 Å². The molecule has 3 nitrogen and oxygen atoms in total. The summed E-state index contributed by atoms with van der Waals surface area (Å²) < 4.78 is 0. The van der Waals surface area contributed by atoms with Crippen molar-refractivity contribution in [2.75, 3.05) is 0 Å². The van der Waals surface area contributed by atoms with Crippen molar-refractivity contribution >= 4 is 28.9 Å². The van der Waals surface area contributed by atoms with E-state index in [0.29, 0.717) is 5.69 Å². The first-order chi connectivity index (χ1) is 9.60. The molecule has 104 valence electrons. The summed E-state index contributed by atoms with van der Waals surface area (Å²) in [6, 6.07) is 7.92. The van der Waals surface area contributed by atoms with Crippen molar-refractivity contribution in [2.24, 2.45) is 0 Å². The van der Waals surface area contributed by atoms with Crippen LogP contribution in [0.3, 0.4) is 0 Å². The minimum Gasteiger partial charge on any atom is -0.481 e. The fourth-order valence-corrected chi connectivity index (χ4v) is 4.00. The number of hydrogen-bond donors (Lipinski definition) is 1. The van der Waals surface area contributed by atoms with Crippen molar-refractivity contribution in [1.29, 1.82) is 0 Å². The van der Waals surface area contributed by atoms with Gasteiger partial charge in [-0.3, -0.25) is 4.79 Å². The number of benzene rings is 1. The third-order valence-electron chi connectivity index (χ3n) is 3.88. The molecule has 1 saturated carbocycles. The maximum absolute atomic E-state index is 10.8. The van der Waals surface area contributed by atoms with Gasteiger partial charge in [0.05, 0.1) is 12.1 Å². The van der Waals surface area contributed by atoms with E-state index in [-0.39, 0.29) is 11.8 Å². The van der Waals surface area contributed by atoms with E-state index in [1.807, 2.05) is 23.6 Å². The van der Waals surface area contributed by atoms with Crippen molar-refractivity contribution in [3.05, 3.63) is 50.9 Å². The van der Waals surface area contributed by atoms with Crippen molar-refractivity contribution in [3.8, 4) is 0 Å². The van der Waals surface area contributed by atoms with E-state index in [0.717, 1.165) is 22.9 Å². The number of thiazole rings is 1. The molecule has 1 aliphatic rings. The molecule has 1 fully saturated rings. The normalized spacial score (nSPS) is 16.6. The Morgan fingerprint density at radius 1 is 1.45 bits per heavy atom. The van der Waals surface area contributed by atoms with Gasteiger partial charge in [0.2, 0.25) is 0 Å². The van der Waals surface area contributed by atoms with Gasteiger partial charge in [-0.2, -0.15) is 0 Å². The zero-order valence-corrected chi connectivity index (χ0v) is 12.4. The van der Waals surface area contributed by atoms with Crippen LogP contribution in [-0.4, -0.2) is 16.1 Å². The molecule has 1 aromatic carbocycles. The molecule has 1 N–H and O–H groups in total. The Bertz CT molecular complexity index is 649. The van der Waals surface area contributed by atoms with E-state index in [1.165, 1.54) is 12.0 Å². The summed E-state index contributed by atoms with van der Waals surface area (Å²) in [5, 5.41) is 12.5. The molecule has 0 saturated heterocycles. The fraction of sp³-hybridized carbons (Fsp3) is 0.333. The Hall–Kier alpha value is -1.39. The molecule has 0 bridgehead atoms. The minimum absolute atomic E-state index is 0.0118. The van der Waals surface area contributed by atoms with Gasteiger partial charge in [0.15, 0.2) is 0 Å². The standard InChI is InChI=1S/C15H14ClNO2S/c16-11-4-1-3-10(7-11)15(5-2-6-15)14-17-12(9-20-14)8-13(18)19/h1,3-4,7,9H,2,5-6,8H2,(H,18,19). The van der Waals surface area contributed by atoms with Crippen LogP contribution >= 0.6 is 22.9 Å². The highest BCUT2D eigenvalue weighted by atomic mass is 35.5. The van der Waals surface area contributed by atoms with Gasteiger partial charge in [-0.25, -0.2) is 4.98 Å². The number of aromatic nitrogens is 1. The molecule has 1 heterocycles. The van der Waals surface area contributed by atoms with Crippen molar-refractivity contribution < 1.29 is 9.90 Å². The van der Waals surface area contributed by atoms with E-state index in [4.69, 9.17) is 16.7 Å². The van der Waals surface area contributed by atoms with Crippen LogP contribution < -0.4 is 0 Å². The lowest BCUT2D eigenvalue weighted by Crippen LogP contribution is -2.35. The Labute approximate surface area is 126 Å².